The van der Waals surface area contributed by atoms with E-state index in [1.807, 2.05) is 25.1 Å². The van der Waals surface area contributed by atoms with Crippen LogP contribution in [-0.4, -0.2) is 37.4 Å². The molecule has 3 rings (SSSR count). The summed E-state index contributed by atoms with van der Waals surface area (Å²) in [6.45, 7) is 3.33. The number of H-pyrrole nitrogens is 1. The van der Waals surface area contributed by atoms with Gasteiger partial charge in [-0.3, -0.25) is 14.9 Å². The van der Waals surface area contributed by atoms with Crippen LogP contribution in [0.15, 0.2) is 36.4 Å². The maximum atomic E-state index is 12.3. The maximum absolute atomic E-state index is 12.3. The summed E-state index contributed by atoms with van der Waals surface area (Å²) in [6, 6.07) is 10.8. The van der Waals surface area contributed by atoms with E-state index in [0.29, 0.717) is 11.4 Å². The van der Waals surface area contributed by atoms with Gasteiger partial charge in [0.25, 0.3) is 11.9 Å². The summed E-state index contributed by atoms with van der Waals surface area (Å²) in [7, 11) is 0. The fraction of sp³-hybridized carbons (Fsp3) is 0.125. The summed E-state index contributed by atoms with van der Waals surface area (Å²) in [5.74, 6) is -0.488. The smallest absolute Gasteiger partial charge is 1.00 e. The number of amides is 2. The third-order valence-electron chi connectivity index (χ3n) is 3.27. The number of anilines is 2. The summed E-state index contributed by atoms with van der Waals surface area (Å²) in [5.41, 5.74) is 3.29. The summed E-state index contributed by atoms with van der Waals surface area (Å²) in [5, 5.41) is 18.2. The number of aromatic nitrogens is 5. The van der Waals surface area contributed by atoms with Crippen LogP contribution in [0.4, 0.5) is 11.6 Å². The number of tetrazole rings is 1. The van der Waals surface area contributed by atoms with Crippen LogP contribution in [0.1, 0.15) is 24.4 Å². The van der Waals surface area contributed by atoms with Gasteiger partial charge in [0.1, 0.15) is 5.69 Å². The zero-order chi connectivity index (χ0) is 17.8. The topological polar surface area (TPSA) is 126 Å². The van der Waals surface area contributed by atoms with Gasteiger partial charge in [-0.05, 0) is 42.0 Å². The van der Waals surface area contributed by atoms with Gasteiger partial charge in [0, 0.05) is 18.2 Å². The van der Waals surface area contributed by atoms with Gasteiger partial charge in [-0.15, -0.1) is 5.10 Å². The second kappa shape index (κ2) is 8.65. The van der Waals surface area contributed by atoms with E-state index in [-0.39, 0.29) is 48.5 Å². The van der Waals surface area contributed by atoms with E-state index < -0.39 is 5.91 Å². The van der Waals surface area contributed by atoms with Gasteiger partial charge in [0.2, 0.25) is 5.91 Å². The summed E-state index contributed by atoms with van der Waals surface area (Å²) >= 11 is 0. The average Bonchev–Trinajstić information content (AvgIpc) is 3.07. The summed E-state index contributed by atoms with van der Waals surface area (Å²) in [6.07, 6.45) is 0. The van der Waals surface area contributed by atoms with Gasteiger partial charge in [0.15, 0.2) is 0 Å². The molecule has 0 fully saturated rings. The van der Waals surface area contributed by atoms with Crippen LogP contribution in [0.25, 0.3) is 11.3 Å². The predicted molar refractivity (Wildman–Crippen MR) is 92.0 cm³/mol. The number of rotatable bonds is 4. The van der Waals surface area contributed by atoms with Crippen LogP contribution in [-0.2, 0) is 4.79 Å². The van der Waals surface area contributed by atoms with Gasteiger partial charge in [-0.25, -0.2) is 4.98 Å². The molecule has 128 valence electrons. The number of carbonyl (C=O) groups is 2. The fourth-order valence-electron chi connectivity index (χ4n) is 2.24. The van der Waals surface area contributed by atoms with Crippen LogP contribution in [0.5, 0.6) is 0 Å². The first-order valence-electron chi connectivity index (χ1n) is 7.43. The Bertz CT molecular complexity index is 917. The Hall–Kier alpha value is -2.62. The number of pyridine rings is 1. The van der Waals surface area contributed by atoms with E-state index in [4.69, 9.17) is 0 Å². The van der Waals surface area contributed by atoms with E-state index in [2.05, 4.69) is 36.2 Å². The van der Waals surface area contributed by atoms with Gasteiger partial charge >= 0.3 is 29.6 Å². The Balaban J connectivity index is 0.00000182. The molecule has 2 aromatic heterocycles. The zero-order valence-corrected chi connectivity index (χ0v) is 16.6. The van der Waals surface area contributed by atoms with E-state index in [0.717, 1.165) is 11.1 Å². The minimum absolute atomic E-state index is 0. The Kier molecular flexibility index (Phi) is 6.56. The van der Waals surface area contributed by atoms with Crippen LogP contribution >= 0.6 is 0 Å². The minimum Gasteiger partial charge on any atom is -1.00 e. The first kappa shape index (κ1) is 19.7. The van der Waals surface area contributed by atoms with Crippen LogP contribution in [0, 0.1) is 6.92 Å². The third-order valence-corrected chi connectivity index (χ3v) is 3.27. The summed E-state index contributed by atoms with van der Waals surface area (Å²) < 4.78 is 0. The normalized spacial score (nSPS) is 9.92. The number of nitrogens with zero attached hydrogens (tertiary/aromatic N) is 4. The second-order valence-electron chi connectivity index (χ2n) is 5.36. The number of benzene rings is 1. The Labute approximate surface area is 172 Å². The molecule has 1 aromatic carbocycles. The van der Waals surface area contributed by atoms with Gasteiger partial charge in [0.05, 0.1) is 5.69 Å². The quantitative estimate of drug-likeness (QED) is 0.507. The fourth-order valence-corrected chi connectivity index (χ4v) is 2.24. The molecule has 0 saturated carbocycles. The van der Waals surface area contributed by atoms with Crippen molar-refractivity contribution in [2.75, 3.05) is 10.6 Å². The molecular weight excluding hydrogens is 345 g/mol. The molecule has 2 amide bonds. The molecule has 0 aliphatic heterocycles. The molecule has 2 heterocycles. The SMILES string of the molecule is CC(=O)Nc1ccc(-c2cc(C)cc(C(=O)Nc3nn[nH]n3)n2)cc1.[H-].[Na+]. The number of hydrogen-bond acceptors (Lipinski definition) is 6. The van der Waals surface area contributed by atoms with Crippen molar-refractivity contribution in [3.8, 4) is 11.3 Å². The van der Waals surface area contributed by atoms with Crippen molar-refractivity contribution in [1.82, 2.24) is 25.6 Å². The van der Waals surface area contributed by atoms with Gasteiger partial charge in [-0.1, -0.05) is 17.2 Å². The van der Waals surface area contributed by atoms with Crippen LogP contribution in [0.2, 0.25) is 0 Å². The number of hydrogen-bond donors (Lipinski definition) is 3. The van der Waals surface area contributed by atoms with Crippen LogP contribution < -0.4 is 40.2 Å². The third kappa shape index (κ3) is 4.94. The molecule has 3 aromatic rings. The van der Waals surface area contributed by atoms with Crippen molar-refractivity contribution in [3.05, 3.63) is 47.7 Å². The molecule has 26 heavy (non-hydrogen) atoms. The Morgan fingerprint density at radius 2 is 1.85 bits per heavy atom. The van der Waals surface area contributed by atoms with Crippen molar-refractivity contribution in [2.45, 2.75) is 13.8 Å². The predicted octanol–water partition coefficient (Wildman–Crippen LogP) is -1.10. The number of nitrogens with one attached hydrogen (secondary N) is 3. The molecule has 10 heteroatoms. The molecule has 0 radical (unpaired) electrons. The molecule has 0 aliphatic rings. The molecule has 0 unspecified atom stereocenters. The minimum atomic E-state index is -0.429. The molecular formula is C16H16N7NaO2. The van der Waals surface area contributed by atoms with E-state index in [1.165, 1.54) is 6.92 Å². The largest absolute Gasteiger partial charge is 1.00 e. The number of carbonyl (C=O) groups excluding carboxylic acids is 2. The van der Waals surface area contributed by atoms with Crippen molar-refractivity contribution >= 4 is 23.5 Å². The van der Waals surface area contributed by atoms with Crippen LogP contribution in [0.3, 0.4) is 0 Å². The summed E-state index contributed by atoms with van der Waals surface area (Å²) in [4.78, 5) is 27.7. The second-order valence-corrected chi connectivity index (χ2v) is 5.36. The standard InChI is InChI=1S/C16H15N7O2.Na.H/c1-9-7-13(11-3-5-12(6-4-11)17-10(2)24)18-14(8-9)15(25)19-16-20-22-23-21-16;;/h3-8H,1-2H3,(H,17,24)(H2,19,20,21,22,23,25);;/q;+1;-1. The molecule has 0 bridgehead atoms. The van der Waals surface area contributed by atoms with Gasteiger partial charge in [-0.2, -0.15) is 5.21 Å². The zero-order valence-electron chi connectivity index (χ0n) is 15.6. The van der Waals surface area contributed by atoms with Crippen molar-refractivity contribution in [2.24, 2.45) is 0 Å². The first-order chi connectivity index (χ1) is 12.0. The van der Waals surface area contributed by atoms with Crippen molar-refractivity contribution in [3.63, 3.8) is 0 Å². The number of aromatic amines is 1. The average molecular weight is 361 g/mol. The molecule has 0 spiro atoms. The first-order valence-corrected chi connectivity index (χ1v) is 7.43. The molecule has 0 aliphatic carbocycles. The molecule has 0 atom stereocenters. The monoisotopic (exact) mass is 361 g/mol. The molecule has 3 N–H and O–H groups in total. The van der Waals surface area contributed by atoms with E-state index in [9.17, 15) is 9.59 Å². The number of aryl methyl sites for hydroxylation is 1. The Morgan fingerprint density at radius 1 is 1.12 bits per heavy atom. The Morgan fingerprint density at radius 3 is 2.46 bits per heavy atom. The molecule has 0 saturated heterocycles. The molecule has 9 nitrogen and oxygen atoms in total. The van der Waals surface area contributed by atoms with E-state index >= 15 is 0 Å². The van der Waals surface area contributed by atoms with E-state index in [1.54, 1.807) is 18.2 Å². The van der Waals surface area contributed by atoms with Gasteiger partial charge < -0.3 is 6.74 Å². The van der Waals surface area contributed by atoms with Crippen molar-refractivity contribution in [1.29, 1.82) is 0 Å². The maximum Gasteiger partial charge on any atom is 1.00 e. The van der Waals surface area contributed by atoms with Crippen molar-refractivity contribution < 1.29 is 40.6 Å².